The molecule has 0 fully saturated rings. The van der Waals surface area contributed by atoms with Gasteiger partial charge in [0.25, 0.3) is 6.43 Å². The van der Waals surface area contributed by atoms with E-state index in [1.807, 2.05) is 13.8 Å². The summed E-state index contributed by atoms with van der Waals surface area (Å²) in [4.78, 5) is 11.5. The molecule has 2 atom stereocenters. The topological polar surface area (TPSA) is 61.4 Å². The number of carbonyl (C=O) groups is 1. The number of carbonyl (C=O) groups excluding carboxylic acids is 1. The van der Waals surface area contributed by atoms with Gasteiger partial charge in [-0.15, -0.1) is 0 Å². The number of hydrogen-bond acceptors (Lipinski definition) is 3. The lowest BCUT2D eigenvalue weighted by Gasteiger charge is -2.16. The summed E-state index contributed by atoms with van der Waals surface area (Å²) in [5, 5.41) is 14.1. The SMILES string of the molecule is CC(C)CCNC(=O)C(C)NCC(O)C(F)F. The molecule has 0 rings (SSSR count). The second-order valence-corrected chi connectivity index (χ2v) is 4.51. The predicted molar refractivity (Wildman–Crippen MR) is 61.9 cm³/mol. The lowest BCUT2D eigenvalue weighted by molar-refractivity contribution is -0.123. The third-order valence-electron chi connectivity index (χ3n) is 2.34. The van der Waals surface area contributed by atoms with Crippen LogP contribution in [0.1, 0.15) is 27.2 Å². The molecule has 17 heavy (non-hydrogen) atoms. The minimum atomic E-state index is -2.79. The molecule has 102 valence electrons. The normalized spacial score (nSPS) is 15.1. The molecule has 0 aromatic carbocycles. The van der Waals surface area contributed by atoms with Crippen molar-refractivity contribution in [1.82, 2.24) is 10.6 Å². The van der Waals surface area contributed by atoms with E-state index in [4.69, 9.17) is 5.11 Å². The minimum Gasteiger partial charge on any atom is -0.386 e. The van der Waals surface area contributed by atoms with Gasteiger partial charge in [0, 0.05) is 13.1 Å². The van der Waals surface area contributed by atoms with Crippen LogP contribution in [0.3, 0.4) is 0 Å². The lowest BCUT2D eigenvalue weighted by Crippen LogP contribution is -2.46. The summed E-state index contributed by atoms with van der Waals surface area (Å²) >= 11 is 0. The number of halogens is 2. The van der Waals surface area contributed by atoms with E-state index in [1.165, 1.54) is 0 Å². The van der Waals surface area contributed by atoms with E-state index in [-0.39, 0.29) is 12.5 Å². The molecule has 0 aliphatic carbocycles. The first-order valence-electron chi connectivity index (χ1n) is 5.82. The Morgan fingerprint density at radius 1 is 1.29 bits per heavy atom. The number of aliphatic hydroxyl groups is 1. The fourth-order valence-electron chi connectivity index (χ4n) is 1.12. The average Bonchev–Trinajstić information content (AvgIpc) is 2.24. The lowest BCUT2D eigenvalue weighted by atomic mass is 10.1. The van der Waals surface area contributed by atoms with E-state index >= 15 is 0 Å². The molecule has 0 saturated carbocycles. The Morgan fingerprint density at radius 3 is 2.35 bits per heavy atom. The van der Waals surface area contributed by atoms with E-state index in [9.17, 15) is 13.6 Å². The highest BCUT2D eigenvalue weighted by Crippen LogP contribution is 1.99. The van der Waals surface area contributed by atoms with Crippen molar-refractivity contribution in [3.8, 4) is 0 Å². The summed E-state index contributed by atoms with van der Waals surface area (Å²) in [6.07, 6.45) is -3.65. The maximum absolute atomic E-state index is 12.0. The first-order valence-corrected chi connectivity index (χ1v) is 5.82. The summed E-state index contributed by atoms with van der Waals surface area (Å²) in [5.74, 6) is 0.256. The highest BCUT2D eigenvalue weighted by Gasteiger charge is 2.19. The van der Waals surface area contributed by atoms with Crippen molar-refractivity contribution in [1.29, 1.82) is 0 Å². The molecule has 0 aromatic heterocycles. The molecule has 0 spiro atoms. The van der Waals surface area contributed by atoms with Crippen LogP contribution in [0.25, 0.3) is 0 Å². The number of amides is 1. The summed E-state index contributed by atoms with van der Waals surface area (Å²) in [6.45, 7) is 5.94. The fourth-order valence-corrected chi connectivity index (χ4v) is 1.12. The number of rotatable bonds is 8. The standard InChI is InChI=1S/C11H22F2N2O2/c1-7(2)4-5-14-11(17)8(3)15-6-9(16)10(12)13/h7-10,15-16H,4-6H2,1-3H3,(H,14,17). The maximum atomic E-state index is 12.0. The number of nitrogens with one attached hydrogen (secondary N) is 2. The van der Waals surface area contributed by atoms with Crippen molar-refractivity contribution in [2.24, 2.45) is 5.92 Å². The van der Waals surface area contributed by atoms with Gasteiger partial charge in [-0.3, -0.25) is 4.79 Å². The quantitative estimate of drug-likeness (QED) is 0.597. The Kier molecular flexibility index (Phi) is 7.99. The summed E-state index contributed by atoms with van der Waals surface area (Å²) in [7, 11) is 0. The second kappa shape index (κ2) is 8.36. The molecule has 0 aromatic rings. The van der Waals surface area contributed by atoms with Gasteiger partial charge in [0.2, 0.25) is 5.91 Å². The Morgan fingerprint density at radius 2 is 1.88 bits per heavy atom. The highest BCUT2D eigenvalue weighted by molar-refractivity contribution is 5.81. The molecular weight excluding hydrogens is 230 g/mol. The molecule has 6 heteroatoms. The zero-order valence-electron chi connectivity index (χ0n) is 10.5. The van der Waals surface area contributed by atoms with Gasteiger partial charge in [-0.1, -0.05) is 13.8 Å². The molecule has 0 aliphatic rings. The van der Waals surface area contributed by atoms with Gasteiger partial charge in [0.15, 0.2) is 0 Å². The molecule has 0 heterocycles. The number of aliphatic hydroxyl groups excluding tert-OH is 1. The molecule has 3 N–H and O–H groups in total. The zero-order valence-corrected chi connectivity index (χ0v) is 10.5. The van der Waals surface area contributed by atoms with E-state index in [0.717, 1.165) is 6.42 Å². The molecule has 1 amide bonds. The van der Waals surface area contributed by atoms with Crippen molar-refractivity contribution in [3.05, 3.63) is 0 Å². The van der Waals surface area contributed by atoms with Crippen LogP contribution in [-0.2, 0) is 4.79 Å². The van der Waals surface area contributed by atoms with Crippen LogP contribution in [-0.4, -0.2) is 42.7 Å². The Labute approximate surface area is 101 Å². The van der Waals surface area contributed by atoms with Gasteiger partial charge in [-0.05, 0) is 19.3 Å². The van der Waals surface area contributed by atoms with Gasteiger partial charge in [-0.25, -0.2) is 8.78 Å². The third kappa shape index (κ3) is 8.04. The van der Waals surface area contributed by atoms with Gasteiger partial charge in [-0.2, -0.15) is 0 Å². The molecule has 0 aliphatic heterocycles. The van der Waals surface area contributed by atoms with E-state index in [1.54, 1.807) is 6.92 Å². The monoisotopic (exact) mass is 252 g/mol. The number of hydrogen-bond donors (Lipinski definition) is 3. The van der Waals surface area contributed by atoms with Crippen molar-refractivity contribution < 1.29 is 18.7 Å². The van der Waals surface area contributed by atoms with Crippen molar-refractivity contribution in [2.45, 2.75) is 45.8 Å². The summed E-state index contributed by atoms with van der Waals surface area (Å²) in [5.41, 5.74) is 0. The molecule has 0 bridgehead atoms. The van der Waals surface area contributed by atoms with Crippen LogP contribution in [0.5, 0.6) is 0 Å². The summed E-state index contributed by atoms with van der Waals surface area (Å²) in [6, 6.07) is -0.587. The molecule has 4 nitrogen and oxygen atoms in total. The Bertz CT molecular complexity index is 226. The van der Waals surface area contributed by atoms with Crippen LogP contribution in [0.2, 0.25) is 0 Å². The van der Waals surface area contributed by atoms with Crippen molar-refractivity contribution >= 4 is 5.91 Å². The van der Waals surface area contributed by atoms with Crippen molar-refractivity contribution in [3.63, 3.8) is 0 Å². The Balaban J connectivity index is 3.74. The predicted octanol–water partition coefficient (Wildman–Crippen LogP) is 0.753. The molecule has 2 unspecified atom stereocenters. The van der Waals surface area contributed by atoms with E-state index < -0.39 is 18.6 Å². The smallest absolute Gasteiger partial charge is 0.265 e. The van der Waals surface area contributed by atoms with Crippen LogP contribution < -0.4 is 10.6 Å². The van der Waals surface area contributed by atoms with Crippen LogP contribution >= 0.6 is 0 Å². The molecule has 0 saturated heterocycles. The first-order chi connectivity index (χ1) is 7.84. The largest absolute Gasteiger partial charge is 0.386 e. The zero-order chi connectivity index (χ0) is 13.4. The second-order valence-electron chi connectivity index (χ2n) is 4.51. The van der Waals surface area contributed by atoms with Gasteiger partial charge >= 0.3 is 0 Å². The van der Waals surface area contributed by atoms with E-state index in [0.29, 0.717) is 12.5 Å². The first kappa shape index (κ1) is 16.2. The summed E-state index contributed by atoms with van der Waals surface area (Å²) < 4.78 is 24.0. The van der Waals surface area contributed by atoms with Crippen LogP contribution in [0, 0.1) is 5.92 Å². The van der Waals surface area contributed by atoms with Crippen LogP contribution in [0.4, 0.5) is 8.78 Å². The molecular formula is C11H22F2N2O2. The average molecular weight is 252 g/mol. The van der Waals surface area contributed by atoms with Gasteiger partial charge < -0.3 is 15.7 Å². The van der Waals surface area contributed by atoms with Crippen molar-refractivity contribution in [2.75, 3.05) is 13.1 Å². The van der Waals surface area contributed by atoms with E-state index in [2.05, 4.69) is 10.6 Å². The maximum Gasteiger partial charge on any atom is 0.265 e. The van der Waals surface area contributed by atoms with Gasteiger partial charge in [0.05, 0.1) is 6.04 Å². The third-order valence-corrected chi connectivity index (χ3v) is 2.34. The molecule has 0 radical (unpaired) electrons. The number of alkyl halides is 2. The minimum absolute atomic E-state index is 0.243. The fraction of sp³-hybridized carbons (Fsp3) is 0.909. The van der Waals surface area contributed by atoms with Crippen LogP contribution in [0.15, 0.2) is 0 Å². The Hall–Kier alpha value is -0.750. The highest BCUT2D eigenvalue weighted by atomic mass is 19.3. The van der Waals surface area contributed by atoms with Gasteiger partial charge in [0.1, 0.15) is 6.10 Å².